The molecule has 0 bridgehead atoms. The van der Waals surface area contributed by atoms with Crippen molar-refractivity contribution in [1.29, 1.82) is 0 Å². The zero-order chi connectivity index (χ0) is 15.6. The standard InChI is InChI=1S/C16H18ClN3O/c1-10-4-6-12(9-15(10)20(2)3)19-16(21)13-7-5-11(18)8-14(13)17/h4-9H,18H2,1-3H3,(H,19,21). The second-order valence-corrected chi connectivity index (χ2v) is 5.50. The van der Waals surface area contributed by atoms with Gasteiger partial charge in [0.25, 0.3) is 5.91 Å². The summed E-state index contributed by atoms with van der Waals surface area (Å²) < 4.78 is 0. The Kier molecular flexibility index (Phi) is 4.38. The lowest BCUT2D eigenvalue weighted by Crippen LogP contribution is -2.14. The van der Waals surface area contributed by atoms with E-state index in [9.17, 15) is 4.79 Å². The molecule has 0 spiro atoms. The number of hydrogen-bond donors (Lipinski definition) is 2. The van der Waals surface area contributed by atoms with Gasteiger partial charge in [0.1, 0.15) is 0 Å². The normalized spacial score (nSPS) is 10.3. The molecule has 0 unspecified atom stereocenters. The van der Waals surface area contributed by atoms with Gasteiger partial charge in [-0.2, -0.15) is 0 Å². The number of aryl methyl sites for hydroxylation is 1. The quantitative estimate of drug-likeness (QED) is 0.853. The maximum Gasteiger partial charge on any atom is 0.257 e. The molecule has 0 aliphatic rings. The Bertz CT molecular complexity index is 683. The molecule has 0 radical (unpaired) electrons. The first-order valence-electron chi connectivity index (χ1n) is 6.53. The highest BCUT2D eigenvalue weighted by molar-refractivity contribution is 6.34. The molecule has 0 aliphatic carbocycles. The highest BCUT2D eigenvalue weighted by atomic mass is 35.5. The average molecular weight is 304 g/mol. The van der Waals surface area contributed by atoms with E-state index < -0.39 is 0 Å². The second kappa shape index (κ2) is 6.06. The van der Waals surface area contributed by atoms with Gasteiger partial charge in [0.05, 0.1) is 10.6 Å². The van der Waals surface area contributed by atoms with Gasteiger partial charge in [-0.15, -0.1) is 0 Å². The van der Waals surface area contributed by atoms with Crippen LogP contribution in [-0.4, -0.2) is 20.0 Å². The molecule has 110 valence electrons. The molecule has 2 rings (SSSR count). The molecule has 0 saturated carbocycles. The molecule has 21 heavy (non-hydrogen) atoms. The van der Waals surface area contributed by atoms with Crippen molar-refractivity contribution in [1.82, 2.24) is 0 Å². The fraction of sp³-hybridized carbons (Fsp3) is 0.188. The molecular formula is C16H18ClN3O. The molecule has 0 aromatic heterocycles. The number of benzene rings is 2. The number of rotatable bonds is 3. The van der Waals surface area contributed by atoms with Crippen LogP contribution in [0.25, 0.3) is 0 Å². The van der Waals surface area contributed by atoms with E-state index in [0.717, 1.165) is 16.9 Å². The Hall–Kier alpha value is -2.20. The van der Waals surface area contributed by atoms with E-state index in [4.69, 9.17) is 17.3 Å². The van der Waals surface area contributed by atoms with Gasteiger partial charge >= 0.3 is 0 Å². The van der Waals surface area contributed by atoms with Crippen molar-refractivity contribution in [3.05, 3.63) is 52.5 Å². The molecule has 0 fully saturated rings. The number of carbonyl (C=O) groups excluding carboxylic acids is 1. The van der Waals surface area contributed by atoms with Crippen LogP contribution in [0.15, 0.2) is 36.4 Å². The predicted octanol–water partition coefficient (Wildman–Crippen LogP) is 3.55. The predicted molar refractivity (Wildman–Crippen MR) is 89.3 cm³/mol. The number of nitrogen functional groups attached to an aromatic ring is 1. The second-order valence-electron chi connectivity index (χ2n) is 5.09. The number of anilines is 3. The van der Waals surface area contributed by atoms with Crippen molar-refractivity contribution in [2.45, 2.75) is 6.92 Å². The van der Waals surface area contributed by atoms with Gasteiger partial charge < -0.3 is 16.0 Å². The monoisotopic (exact) mass is 303 g/mol. The lowest BCUT2D eigenvalue weighted by atomic mass is 10.1. The summed E-state index contributed by atoms with van der Waals surface area (Å²) >= 11 is 6.05. The maximum atomic E-state index is 12.3. The Morgan fingerprint density at radius 2 is 1.90 bits per heavy atom. The van der Waals surface area contributed by atoms with Crippen LogP contribution in [0.3, 0.4) is 0 Å². The topological polar surface area (TPSA) is 58.4 Å². The highest BCUT2D eigenvalue weighted by Crippen LogP contribution is 2.24. The smallest absolute Gasteiger partial charge is 0.257 e. The summed E-state index contributed by atoms with van der Waals surface area (Å²) in [6, 6.07) is 10.6. The van der Waals surface area contributed by atoms with Gasteiger partial charge in [-0.3, -0.25) is 4.79 Å². The molecule has 0 heterocycles. The summed E-state index contributed by atoms with van der Waals surface area (Å²) in [4.78, 5) is 14.3. The Morgan fingerprint density at radius 3 is 2.52 bits per heavy atom. The summed E-state index contributed by atoms with van der Waals surface area (Å²) in [6.45, 7) is 2.03. The minimum Gasteiger partial charge on any atom is -0.399 e. The fourth-order valence-corrected chi connectivity index (χ4v) is 2.36. The van der Waals surface area contributed by atoms with Crippen LogP contribution in [0.2, 0.25) is 5.02 Å². The number of nitrogens with one attached hydrogen (secondary N) is 1. The zero-order valence-electron chi connectivity index (χ0n) is 12.3. The van der Waals surface area contributed by atoms with Crippen LogP contribution in [-0.2, 0) is 0 Å². The van der Waals surface area contributed by atoms with E-state index in [1.165, 1.54) is 0 Å². The van der Waals surface area contributed by atoms with Crippen molar-refractivity contribution in [2.24, 2.45) is 0 Å². The van der Waals surface area contributed by atoms with Crippen LogP contribution in [0.5, 0.6) is 0 Å². The average Bonchev–Trinajstić information content (AvgIpc) is 2.40. The lowest BCUT2D eigenvalue weighted by molar-refractivity contribution is 0.102. The van der Waals surface area contributed by atoms with Gasteiger partial charge in [-0.25, -0.2) is 0 Å². The third-order valence-corrected chi connectivity index (χ3v) is 3.50. The van der Waals surface area contributed by atoms with Gasteiger partial charge in [-0.1, -0.05) is 17.7 Å². The fourth-order valence-electron chi connectivity index (χ4n) is 2.08. The minimum absolute atomic E-state index is 0.256. The number of nitrogens with zero attached hydrogens (tertiary/aromatic N) is 1. The van der Waals surface area contributed by atoms with Crippen molar-refractivity contribution in [3.63, 3.8) is 0 Å². The maximum absolute atomic E-state index is 12.3. The number of nitrogens with two attached hydrogens (primary N) is 1. The van der Waals surface area contributed by atoms with E-state index in [1.54, 1.807) is 18.2 Å². The van der Waals surface area contributed by atoms with Crippen molar-refractivity contribution >= 4 is 34.6 Å². The molecule has 0 saturated heterocycles. The van der Waals surface area contributed by atoms with Gasteiger partial charge in [0, 0.05) is 31.2 Å². The summed E-state index contributed by atoms with van der Waals surface area (Å²) in [5.41, 5.74) is 9.48. The summed E-state index contributed by atoms with van der Waals surface area (Å²) in [6.07, 6.45) is 0. The molecule has 2 aromatic rings. The number of amides is 1. The molecule has 4 nitrogen and oxygen atoms in total. The third-order valence-electron chi connectivity index (χ3n) is 3.19. The minimum atomic E-state index is -0.256. The highest BCUT2D eigenvalue weighted by Gasteiger charge is 2.11. The SMILES string of the molecule is Cc1ccc(NC(=O)c2ccc(N)cc2Cl)cc1N(C)C. The number of hydrogen-bond acceptors (Lipinski definition) is 3. The van der Waals surface area contributed by atoms with E-state index in [1.807, 2.05) is 44.1 Å². The van der Waals surface area contributed by atoms with Crippen molar-refractivity contribution in [2.75, 3.05) is 30.0 Å². The van der Waals surface area contributed by atoms with Gasteiger partial charge in [0.2, 0.25) is 0 Å². The van der Waals surface area contributed by atoms with E-state index in [2.05, 4.69) is 5.32 Å². The first-order chi connectivity index (χ1) is 9.88. The largest absolute Gasteiger partial charge is 0.399 e. The molecule has 1 amide bonds. The lowest BCUT2D eigenvalue weighted by Gasteiger charge is -2.17. The molecule has 0 aliphatic heterocycles. The van der Waals surface area contributed by atoms with Crippen molar-refractivity contribution in [3.8, 4) is 0 Å². The Morgan fingerprint density at radius 1 is 1.19 bits per heavy atom. The molecule has 3 N–H and O–H groups in total. The molecular weight excluding hydrogens is 286 g/mol. The van der Waals surface area contributed by atoms with E-state index in [0.29, 0.717) is 16.3 Å². The first kappa shape index (κ1) is 15.2. The van der Waals surface area contributed by atoms with Crippen LogP contribution in [0, 0.1) is 6.92 Å². The van der Waals surface area contributed by atoms with Gasteiger partial charge in [-0.05, 0) is 42.8 Å². The van der Waals surface area contributed by atoms with E-state index in [-0.39, 0.29) is 5.91 Å². The van der Waals surface area contributed by atoms with Crippen LogP contribution in [0.4, 0.5) is 17.1 Å². The number of carbonyl (C=O) groups is 1. The van der Waals surface area contributed by atoms with Gasteiger partial charge in [0.15, 0.2) is 0 Å². The summed E-state index contributed by atoms with van der Waals surface area (Å²) in [7, 11) is 3.93. The Labute approximate surface area is 129 Å². The number of halogens is 1. The van der Waals surface area contributed by atoms with Crippen LogP contribution < -0.4 is 16.0 Å². The molecule has 2 aromatic carbocycles. The zero-order valence-corrected chi connectivity index (χ0v) is 13.0. The van der Waals surface area contributed by atoms with E-state index >= 15 is 0 Å². The Balaban J connectivity index is 2.25. The van der Waals surface area contributed by atoms with Crippen molar-refractivity contribution < 1.29 is 4.79 Å². The summed E-state index contributed by atoms with van der Waals surface area (Å²) in [5, 5.41) is 3.19. The molecule has 5 heteroatoms. The van der Waals surface area contributed by atoms with Crippen LogP contribution in [0.1, 0.15) is 15.9 Å². The molecule has 0 atom stereocenters. The van der Waals surface area contributed by atoms with Crippen LogP contribution >= 0.6 is 11.6 Å². The summed E-state index contributed by atoms with van der Waals surface area (Å²) in [5.74, 6) is -0.256. The first-order valence-corrected chi connectivity index (χ1v) is 6.90. The third kappa shape index (κ3) is 3.47.